The van der Waals surface area contributed by atoms with Gasteiger partial charge in [-0.2, -0.15) is 0 Å². The topological polar surface area (TPSA) is 105 Å². The summed E-state index contributed by atoms with van der Waals surface area (Å²) in [6.45, 7) is -0.712. The van der Waals surface area contributed by atoms with Crippen molar-refractivity contribution in [3.8, 4) is 0 Å². The van der Waals surface area contributed by atoms with Crippen molar-refractivity contribution in [2.24, 2.45) is 0 Å². The Bertz CT molecular complexity index is 1020. The van der Waals surface area contributed by atoms with Crippen molar-refractivity contribution >= 4 is 23.8 Å². The first-order valence-electron chi connectivity index (χ1n) is 10.2. The van der Waals surface area contributed by atoms with E-state index in [1.807, 2.05) is 54.6 Å². The Labute approximate surface area is 179 Å². The van der Waals surface area contributed by atoms with Crippen LogP contribution in [-0.2, 0) is 37.6 Å². The fourth-order valence-corrected chi connectivity index (χ4v) is 4.12. The van der Waals surface area contributed by atoms with Crippen LogP contribution in [0.4, 0.5) is 4.79 Å². The fraction of sp³-hybridized carbons (Fsp3) is 0.304. The molecule has 1 aliphatic carbocycles. The highest BCUT2D eigenvalue weighted by Crippen LogP contribution is 2.39. The molecule has 0 unspecified atom stereocenters. The lowest BCUT2D eigenvalue weighted by Gasteiger charge is -2.33. The van der Waals surface area contributed by atoms with Crippen molar-refractivity contribution in [3.63, 3.8) is 0 Å². The number of esters is 1. The van der Waals surface area contributed by atoms with Gasteiger partial charge in [0.25, 0.3) is 11.8 Å². The maximum absolute atomic E-state index is 13.1. The zero-order valence-electron chi connectivity index (χ0n) is 16.9. The van der Waals surface area contributed by atoms with Crippen molar-refractivity contribution in [1.82, 2.24) is 15.5 Å². The number of hydrogen-bond acceptors (Lipinski definition) is 5. The summed E-state index contributed by atoms with van der Waals surface area (Å²) < 4.78 is 4.97. The second-order valence-electron chi connectivity index (χ2n) is 7.66. The average Bonchev–Trinajstić information content (AvgIpc) is 3.02. The van der Waals surface area contributed by atoms with E-state index in [0.29, 0.717) is 13.0 Å². The van der Waals surface area contributed by atoms with Gasteiger partial charge >= 0.3 is 12.0 Å². The van der Waals surface area contributed by atoms with Crippen LogP contribution in [0.3, 0.4) is 0 Å². The minimum absolute atomic E-state index is 0.312. The second kappa shape index (κ2) is 8.59. The molecule has 0 saturated carbocycles. The third kappa shape index (κ3) is 4.14. The molecule has 1 aliphatic heterocycles. The molecule has 8 heteroatoms. The molecule has 31 heavy (non-hydrogen) atoms. The molecule has 0 radical (unpaired) electrons. The van der Waals surface area contributed by atoms with Crippen LogP contribution in [0.1, 0.15) is 29.5 Å². The van der Waals surface area contributed by atoms with Gasteiger partial charge in [-0.3, -0.25) is 19.3 Å². The zero-order valence-corrected chi connectivity index (χ0v) is 16.9. The highest BCUT2D eigenvalue weighted by Gasteiger charge is 2.54. The number of benzene rings is 2. The highest BCUT2D eigenvalue weighted by molar-refractivity contribution is 6.09. The van der Waals surface area contributed by atoms with Gasteiger partial charge in [0.1, 0.15) is 12.1 Å². The number of rotatable bonds is 6. The number of aryl methyl sites for hydroxylation is 1. The molecule has 0 bridgehead atoms. The van der Waals surface area contributed by atoms with Gasteiger partial charge in [-0.25, -0.2) is 4.79 Å². The molecule has 160 valence electrons. The van der Waals surface area contributed by atoms with Gasteiger partial charge in [-0.15, -0.1) is 0 Å². The van der Waals surface area contributed by atoms with Crippen LogP contribution < -0.4 is 10.6 Å². The predicted molar refractivity (Wildman–Crippen MR) is 111 cm³/mol. The summed E-state index contributed by atoms with van der Waals surface area (Å²) in [5, 5.41) is 5.43. The van der Waals surface area contributed by atoms with E-state index in [4.69, 9.17) is 4.74 Å². The molecule has 2 N–H and O–H groups in total. The van der Waals surface area contributed by atoms with E-state index in [-0.39, 0.29) is 0 Å². The summed E-state index contributed by atoms with van der Waals surface area (Å²) in [5.41, 5.74) is 1.57. The number of imide groups is 1. The molecule has 1 spiro atoms. The number of urea groups is 1. The van der Waals surface area contributed by atoms with Crippen LogP contribution in [-0.4, -0.2) is 41.9 Å². The summed E-state index contributed by atoms with van der Waals surface area (Å²) in [5.74, 6) is -1.75. The van der Waals surface area contributed by atoms with Gasteiger partial charge in [0, 0.05) is 6.54 Å². The number of ether oxygens (including phenoxy) is 1. The molecule has 8 nitrogen and oxygen atoms in total. The quantitative estimate of drug-likeness (QED) is 0.545. The lowest BCUT2D eigenvalue weighted by Crippen LogP contribution is -2.46. The molecular weight excluding hydrogens is 398 g/mol. The van der Waals surface area contributed by atoms with Crippen LogP contribution in [0.25, 0.3) is 0 Å². The summed E-state index contributed by atoms with van der Waals surface area (Å²) in [6, 6.07) is 16.2. The number of nitrogens with zero attached hydrogens (tertiary/aromatic N) is 1. The molecule has 2 aliphatic rings. The first-order valence-corrected chi connectivity index (χ1v) is 10.2. The van der Waals surface area contributed by atoms with E-state index >= 15 is 0 Å². The van der Waals surface area contributed by atoms with E-state index in [9.17, 15) is 19.2 Å². The molecule has 2 aromatic carbocycles. The van der Waals surface area contributed by atoms with Crippen molar-refractivity contribution in [2.75, 3.05) is 13.2 Å². The third-order valence-corrected chi connectivity index (χ3v) is 5.63. The smallest absolute Gasteiger partial charge is 0.326 e. The Morgan fingerprint density at radius 3 is 2.61 bits per heavy atom. The van der Waals surface area contributed by atoms with Gasteiger partial charge in [0.15, 0.2) is 6.61 Å². The summed E-state index contributed by atoms with van der Waals surface area (Å²) in [6.07, 6.45) is 2.06. The largest absolute Gasteiger partial charge is 0.454 e. The van der Waals surface area contributed by atoms with Crippen molar-refractivity contribution in [3.05, 3.63) is 71.3 Å². The first-order chi connectivity index (χ1) is 15.0. The molecule has 1 atom stereocenters. The summed E-state index contributed by atoms with van der Waals surface area (Å²) >= 11 is 0. The van der Waals surface area contributed by atoms with Gasteiger partial charge in [0.05, 0.1) is 0 Å². The highest BCUT2D eigenvalue weighted by atomic mass is 16.5. The van der Waals surface area contributed by atoms with E-state index < -0.39 is 42.5 Å². The summed E-state index contributed by atoms with van der Waals surface area (Å²) in [4.78, 5) is 50.6. The van der Waals surface area contributed by atoms with Crippen molar-refractivity contribution in [1.29, 1.82) is 0 Å². The lowest BCUT2D eigenvalue weighted by molar-refractivity contribution is -0.151. The normalized spacial score (nSPS) is 19.7. The van der Waals surface area contributed by atoms with Crippen LogP contribution >= 0.6 is 0 Å². The first kappa shape index (κ1) is 20.6. The maximum Gasteiger partial charge on any atom is 0.326 e. The van der Waals surface area contributed by atoms with E-state index in [0.717, 1.165) is 34.4 Å². The third-order valence-electron chi connectivity index (χ3n) is 5.63. The Hall–Kier alpha value is -3.68. The maximum atomic E-state index is 13.1. The zero-order chi connectivity index (χ0) is 21.8. The van der Waals surface area contributed by atoms with E-state index in [1.54, 1.807) is 0 Å². The number of nitrogens with one attached hydrogen (secondary N) is 2. The van der Waals surface area contributed by atoms with Crippen LogP contribution in [0.2, 0.25) is 0 Å². The van der Waals surface area contributed by atoms with Crippen LogP contribution in [0, 0.1) is 0 Å². The van der Waals surface area contributed by atoms with E-state index in [2.05, 4.69) is 10.6 Å². The minimum Gasteiger partial charge on any atom is -0.454 e. The number of carbonyl (C=O) groups is 4. The van der Waals surface area contributed by atoms with Gasteiger partial charge in [-0.05, 0) is 36.0 Å². The molecule has 1 fully saturated rings. The number of carbonyl (C=O) groups excluding carboxylic acids is 4. The lowest BCUT2D eigenvalue weighted by atomic mass is 9.76. The second-order valence-corrected chi connectivity index (χ2v) is 7.66. The predicted octanol–water partition coefficient (Wildman–Crippen LogP) is 1.63. The van der Waals surface area contributed by atoms with E-state index in [1.165, 1.54) is 0 Å². The standard InChI is InChI=1S/C23H23N3O5/c27-19(24-13-16-7-2-1-3-8-16)15-31-20(28)14-26-21(29)23(25-22(26)30)12-6-10-17-9-4-5-11-18(17)23/h1-5,7-9,11H,6,10,12-15H2,(H,24,27)(H,25,30)/t23-/m0/s1. The fourth-order valence-electron chi connectivity index (χ4n) is 4.12. The number of fused-ring (bicyclic) bond motifs is 2. The Kier molecular flexibility index (Phi) is 5.70. The molecule has 0 aromatic heterocycles. The summed E-state index contributed by atoms with van der Waals surface area (Å²) in [7, 11) is 0. The van der Waals surface area contributed by atoms with Gasteiger partial charge in [0.2, 0.25) is 0 Å². The van der Waals surface area contributed by atoms with Gasteiger partial charge in [-0.1, -0.05) is 54.6 Å². The molecule has 4 amide bonds. The van der Waals surface area contributed by atoms with Crippen molar-refractivity contribution in [2.45, 2.75) is 31.3 Å². The molecular formula is C23H23N3O5. The average molecular weight is 421 g/mol. The van der Waals surface area contributed by atoms with Crippen LogP contribution in [0.5, 0.6) is 0 Å². The number of amides is 4. The van der Waals surface area contributed by atoms with Crippen LogP contribution in [0.15, 0.2) is 54.6 Å². The minimum atomic E-state index is -1.14. The number of hydrogen-bond donors (Lipinski definition) is 2. The molecule has 1 heterocycles. The monoisotopic (exact) mass is 421 g/mol. The molecule has 4 rings (SSSR count). The Balaban J connectivity index is 1.33. The SMILES string of the molecule is O=C(COC(=O)CN1C(=O)N[C@]2(CCCc3ccccc32)C1=O)NCc1ccccc1. The van der Waals surface area contributed by atoms with Gasteiger partial charge < -0.3 is 15.4 Å². The van der Waals surface area contributed by atoms with Crippen molar-refractivity contribution < 1.29 is 23.9 Å². The molecule has 1 saturated heterocycles. The Morgan fingerprint density at radius 1 is 1.06 bits per heavy atom. The Morgan fingerprint density at radius 2 is 1.81 bits per heavy atom. The molecule has 2 aromatic rings.